The molecular weight excluding hydrogens is 222 g/mol. The molecule has 0 spiro atoms. The Morgan fingerprint density at radius 2 is 2.06 bits per heavy atom. The van der Waals surface area contributed by atoms with E-state index in [1.165, 1.54) is 0 Å². The zero-order chi connectivity index (χ0) is 13.1. The number of carbonyl (C=O) groups is 1. The van der Waals surface area contributed by atoms with Crippen LogP contribution >= 0.6 is 0 Å². The van der Waals surface area contributed by atoms with Crippen molar-refractivity contribution in [3.63, 3.8) is 0 Å². The van der Waals surface area contributed by atoms with Crippen molar-refractivity contribution in [3.8, 4) is 0 Å². The lowest BCUT2D eigenvalue weighted by Gasteiger charge is -2.46. The molecule has 5 heteroatoms. The summed E-state index contributed by atoms with van der Waals surface area (Å²) in [5.74, 6) is 0.287. The first kappa shape index (κ1) is 14.3. The second-order valence-electron chi connectivity index (χ2n) is 5.70. The van der Waals surface area contributed by atoms with Crippen LogP contribution in [0.2, 0.25) is 0 Å². The number of methoxy groups -OCH3 is 1. The summed E-state index contributed by atoms with van der Waals surface area (Å²) in [5, 5.41) is 11.7. The SMILES string of the molecule is COC1(CNC(=O)OC(C)(C)C)CC(CO)C1. The molecule has 0 unspecified atom stereocenters. The summed E-state index contributed by atoms with van der Waals surface area (Å²) >= 11 is 0. The fourth-order valence-electron chi connectivity index (χ4n) is 2.05. The van der Waals surface area contributed by atoms with Crippen LogP contribution in [0.1, 0.15) is 33.6 Å². The highest BCUT2D eigenvalue weighted by atomic mass is 16.6. The summed E-state index contributed by atoms with van der Waals surface area (Å²) in [6.45, 7) is 6.07. The zero-order valence-electron chi connectivity index (χ0n) is 11.1. The lowest BCUT2D eigenvalue weighted by atomic mass is 9.71. The van der Waals surface area contributed by atoms with Crippen molar-refractivity contribution in [2.75, 3.05) is 20.3 Å². The number of rotatable bonds is 4. The number of aliphatic hydroxyl groups excluding tert-OH is 1. The van der Waals surface area contributed by atoms with Gasteiger partial charge in [-0.25, -0.2) is 4.79 Å². The first-order valence-corrected chi connectivity index (χ1v) is 5.93. The molecule has 0 atom stereocenters. The fourth-order valence-corrected chi connectivity index (χ4v) is 2.05. The summed E-state index contributed by atoms with van der Waals surface area (Å²) in [6.07, 6.45) is 1.12. The molecule has 0 saturated heterocycles. The van der Waals surface area contributed by atoms with Crippen molar-refractivity contribution >= 4 is 6.09 Å². The standard InChI is InChI=1S/C12H23NO4/c1-11(2,3)17-10(15)13-8-12(16-4)5-9(6-12)7-14/h9,14H,5-8H2,1-4H3,(H,13,15). The third kappa shape index (κ3) is 4.16. The Labute approximate surface area is 102 Å². The molecule has 0 aromatic rings. The summed E-state index contributed by atoms with van der Waals surface area (Å²) in [5.41, 5.74) is -0.818. The van der Waals surface area contributed by atoms with Gasteiger partial charge in [0, 0.05) is 20.3 Å². The third-order valence-corrected chi connectivity index (χ3v) is 2.97. The molecule has 0 aromatic carbocycles. The monoisotopic (exact) mass is 245 g/mol. The molecular formula is C12H23NO4. The van der Waals surface area contributed by atoms with Crippen molar-refractivity contribution in [2.24, 2.45) is 5.92 Å². The van der Waals surface area contributed by atoms with E-state index < -0.39 is 11.7 Å². The van der Waals surface area contributed by atoms with Crippen LogP contribution in [0.5, 0.6) is 0 Å². The van der Waals surface area contributed by atoms with Crippen LogP contribution in [0, 0.1) is 5.92 Å². The van der Waals surface area contributed by atoms with Crippen LogP contribution in [-0.4, -0.2) is 42.7 Å². The van der Waals surface area contributed by atoms with E-state index in [0.717, 1.165) is 12.8 Å². The predicted octanol–water partition coefficient (Wildman–Crippen LogP) is 1.30. The molecule has 1 aliphatic rings. The van der Waals surface area contributed by atoms with Gasteiger partial charge in [-0.2, -0.15) is 0 Å². The Kier molecular flexibility index (Phi) is 4.38. The van der Waals surface area contributed by atoms with E-state index in [4.69, 9.17) is 14.6 Å². The number of carbonyl (C=O) groups excluding carboxylic acids is 1. The van der Waals surface area contributed by atoms with Gasteiger partial charge in [0.1, 0.15) is 5.60 Å². The molecule has 1 amide bonds. The molecule has 5 nitrogen and oxygen atoms in total. The van der Waals surface area contributed by atoms with Crippen molar-refractivity contribution in [3.05, 3.63) is 0 Å². The minimum atomic E-state index is -0.489. The van der Waals surface area contributed by atoms with E-state index in [9.17, 15) is 4.79 Å². The molecule has 0 aromatic heterocycles. The molecule has 1 fully saturated rings. The zero-order valence-corrected chi connectivity index (χ0v) is 11.1. The molecule has 0 radical (unpaired) electrons. The molecule has 0 bridgehead atoms. The molecule has 100 valence electrons. The van der Waals surface area contributed by atoms with Crippen LogP contribution in [0.4, 0.5) is 4.79 Å². The number of hydrogen-bond acceptors (Lipinski definition) is 4. The van der Waals surface area contributed by atoms with Gasteiger partial charge < -0.3 is 19.9 Å². The topological polar surface area (TPSA) is 67.8 Å². The Hall–Kier alpha value is -0.810. The predicted molar refractivity (Wildman–Crippen MR) is 63.8 cm³/mol. The molecule has 0 heterocycles. The number of nitrogens with one attached hydrogen (secondary N) is 1. The summed E-state index contributed by atoms with van der Waals surface area (Å²) in [6, 6.07) is 0. The van der Waals surface area contributed by atoms with Crippen LogP contribution in [-0.2, 0) is 9.47 Å². The Morgan fingerprint density at radius 3 is 2.47 bits per heavy atom. The van der Waals surface area contributed by atoms with Crippen LogP contribution in [0.15, 0.2) is 0 Å². The lowest BCUT2D eigenvalue weighted by molar-refractivity contribution is -0.113. The van der Waals surface area contributed by atoms with E-state index >= 15 is 0 Å². The Balaban J connectivity index is 2.32. The third-order valence-electron chi connectivity index (χ3n) is 2.97. The van der Waals surface area contributed by atoms with Crippen LogP contribution in [0.25, 0.3) is 0 Å². The average Bonchev–Trinajstić information content (AvgIpc) is 2.14. The first-order chi connectivity index (χ1) is 7.80. The van der Waals surface area contributed by atoms with E-state index in [1.807, 2.05) is 20.8 Å². The van der Waals surface area contributed by atoms with Gasteiger partial charge in [-0.3, -0.25) is 0 Å². The first-order valence-electron chi connectivity index (χ1n) is 5.93. The van der Waals surface area contributed by atoms with Crippen molar-refractivity contribution in [1.29, 1.82) is 0 Å². The molecule has 1 aliphatic carbocycles. The number of aliphatic hydroxyl groups is 1. The van der Waals surface area contributed by atoms with Crippen molar-refractivity contribution < 1.29 is 19.4 Å². The Morgan fingerprint density at radius 1 is 1.47 bits per heavy atom. The highest BCUT2D eigenvalue weighted by Crippen LogP contribution is 2.39. The fraction of sp³-hybridized carbons (Fsp3) is 0.917. The van der Waals surface area contributed by atoms with Gasteiger partial charge in [0.05, 0.1) is 5.60 Å². The van der Waals surface area contributed by atoms with E-state index in [-0.39, 0.29) is 18.1 Å². The highest BCUT2D eigenvalue weighted by Gasteiger charge is 2.44. The smallest absolute Gasteiger partial charge is 0.407 e. The van der Waals surface area contributed by atoms with Gasteiger partial charge >= 0.3 is 6.09 Å². The van der Waals surface area contributed by atoms with Crippen LogP contribution in [0.3, 0.4) is 0 Å². The second kappa shape index (κ2) is 5.23. The molecule has 2 N–H and O–H groups in total. The number of ether oxygens (including phenoxy) is 2. The van der Waals surface area contributed by atoms with Gasteiger partial charge in [-0.15, -0.1) is 0 Å². The highest BCUT2D eigenvalue weighted by molar-refractivity contribution is 5.67. The molecule has 17 heavy (non-hydrogen) atoms. The number of alkyl carbamates (subject to hydrolysis) is 1. The van der Waals surface area contributed by atoms with Gasteiger partial charge in [0.25, 0.3) is 0 Å². The maximum absolute atomic E-state index is 11.5. The van der Waals surface area contributed by atoms with Gasteiger partial charge in [-0.1, -0.05) is 0 Å². The normalized spacial score (nSPS) is 28.4. The van der Waals surface area contributed by atoms with E-state index in [2.05, 4.69) is 5.32 Å². The van der Waals surface area contributed by atoms with Crippen molar-refractivity contribution in [1.82, 2.24) is 5.32 Å². The quantitative estimate of drug-likeness (QED) is 0.783. The molecule has 1 rings (SSSR count). The summed E-state index contributed by atoms with van der Waals surface area (Å²) in [7, 11) is 1.63. The number of amides is 1. The molecule has 1 saturated carbocycles. The van der Waals surface area contributed by atoms with E-state index in [1.54, 1.807) is 7.11 Å². The largest absolute Gasteiger partial charge is 0.444 e. The number of hydrogen-bond donors (Lipinski definition) is 2. The van der Waals surface area contributed by atoms with Crippen molar-refractivity contribution in [2.45, 2.75) is 44.8 Å². The minimum absolute atomic E-state index is 0.178. The molecule has 0 aliphatic heterocycles. The average molecular weight is 245 g/mol. The van der Waals surface area contributed by atoms with Gasteiger partial charge in [-0.05, 0) is 39.5 Å². The Bertz CT molecular complexity index is 266. The van der Waals surface area contributed by atoms with Crippen LogP contribution < -0.4 is 5.32 Å². The minimum Gasteiger partial charge on any atom is -0.444 e. The summed E-state index contributed by atoms with van der Waals surface area (Å²) < 4.78 is 10.5. The maximum atomic E-state index is 11.5. The maximum Gasteiger partial charge on any atom is 0.407 e. The van der Waals surface area contributed by atoms with Gasteiger partial charge in [0.15, 0.2) is 0 Å². The van der Waals surface area contributed by atoms with E-state index in [0.29, 0.717) is 6.54 Å². The second-order valence-corrected chi connectivity index (χ2v) is 5.70. The lowest BCUT2D eigenvalue weighted by Crippen LogP contribution is -2.54. The summed E-state index contributed by atoms with van der Waals surface area (Å²) in [4.78, 5) is 11.5. The van der Waals surface area contributed by atoms with Gasteiger partial charge in [0.2, 0.25) is 0 Å².